The quantitative estimate of drug-likeness (QED) is 0.302. The number of benzene rings is 4. The lowest BCUT2D eigenvalue weighted by molar-refractivity contribution is 0.482. The molecule has 0 amide bonds. The second-order valence-electron chi connectivity index (χ2n) is 6.02. The number of para-hydroxylation sites is 1. The number of rotatable bonds is 1. The van der Waals surface area contributed by atoms with Gasteiger partial charge in [-0.25, -0.2) is 0 Å². The Morgan fingerprint density at radius 3 is 2.40 bits per heavy atom. The molecular formula is C22H14BrNO. The molecule has 0 saturated heterocycles. The number of halogens is 1. The topological polar surface area (TPSA) is 12.5 Å². The van der Waals surface area contributed by atoms with Gasteiger partial charge in [-0.2, -0.15) is 0 Å². The second-order valence-corrected chi connectivity index (χ2v) is 6.94. The highest BCUT2D eigenvalue weighted by Crippen LogP contribution is 2.53. The Bertz CT molecular complexity index is 1090. The molecule has 2 nitrogen and oxygen atoms in total. The highest BCUT2D eigenvalue weighted by atomic mass is 79.9. The van der Waals surface area contributed by atoms with E-state index in [4.69, 9.17) is 4.74 Å². The summed E-state index contributed by atoms with van der Waals surface area (Å²) in [5.74, 6) is 1.76. The van der Waals surface area contributed by atoms with Crippen molar-refractivity contribution in [2.45, 2.75) is 0 Å². The van der Waals surface area contributed by atoms with Gasteiger partial charge in [0.05, 0.1) is 11.4 Å². The molecule has 4 aromatic rings. The smallest absolute Gasteiger partial charge is 0.159 e. The standard InChI is InChI=1S/C22H14BrNO/c23-16-11-13-21-20(14-16)24(17-7-2-1-3-8-17)19-12-10-15-6-4-5-9-18(15)22(19)25-21/h1-14H. The van der Waals surface area contributed by atoms with E-state index >= 15 is 0 Å². The lowest BCUT2D eigenvalue weighted by Gasteiger charge is -2.33. The maximum absolute atomic E-state index is 6.33. The van der Waals surface area contributed by atoms with Crippen molar-refractivity contribution in [3.8, 4) is 11.5 Å². The van der Waals surface area contributed by atoms with Crippen LogP contribution in [0.5, 0.6) is 11.5 Å². The fraction of sp³-hybridized carbons (Fsp3) is 0. The number of fused-ring (bicyclic) bond motifs is 4. The Balaban J connectivity index is 1.84. The first-order valence-corrected chi connectivity index (χ1v) is 8.95. The summed E-state index contributed by atoms with van der Waals surface area (Å²) in [5.41, 5.74) is 3.19. The van der Waals surface area contributed by atoms with Crippen molar-refractivity contribution >= 4 is 43.8 Å². The molecule has 0 aromatic heterocycles. The molecule has 25 heavy (non-hydrogen) atoms. The first kappa shape index (κ1) is 14.6. The van der Waals surface area contributed by atoms with Crippen molar-refractivity contribution in [1.82, 2.24) is 0 Å². The van der Waals surface area contributed by atoms with Gasteiger partial charge in [-0.05, 0) is 41.8 Å². The summed E-state index contributed by atoms with van der Waals surface area (Å²) >= 11 is 3.59. The summed E-state index contributed by atoms with van der Waals surface area (Å²) < 4.78 is 7.36. The van der Waals surface area contributed by atoms with E-state index in [1.807, 2.05) is 18.2 Å². The van der Waals surface area contributed by atoms with E-state index in [1.54, 1.807) is 0 Å². The Morgan fingerprint density at radius 1 is 0.720 bits per heavy atom. The van der Waals surface area contributed by atoms with Crippen LogP contribution in [0.3, 0.4) is 0 Å². The van der Waals surface area contributed by atoms with Crippen molar-refractivity contribution in [2.24, 2.45) is 0 Å². The summed E-state index contributed by atoms with van der Waals surface area (Å²) in [7, 11) is 0. The lowest BCUT2D eigenvalue weighted by Crippen LogP contribution is -2.15. The third-order valence-corrected chi connectivity index (χ3v) is 4.98. The van der Waals surface area contributed by atoms with E-state index < -0.39 is 0 Å². The molecule has 1 aliphatic rings. The van der Waals surface area contributed by atoms with Gasteiger partial charge in [-0.3, -0.25) is 0 Å². The molecule has 4 aromatic carbocycles. The van der Waals surface area contributed by atoms with Gasteiger partial charge in [0, 0.05) is 15.5 Å². The molecule has 0 bridgehead atoms. The fourth-order valence-electron chi connectivity index (χ4n) is 3.36. The van der Waals surface area contributed by atoms with Crippen molar-refractivity contribution in [1.29, 1.82) is 0 Å². The zero-order chi connectivity index (χ0) is 16.8. The van der Waals surface area contributed by atoms with Gasteiger partial charge >= 0.3 is 0 Å². The van der Waals surface area contributed by atoms with Gasteiger partial charge in [0.15, 0.2) is 11.5 Å². The second kappa shape index (κ2) is 5.64. The summed E-state index contributed by atoms with van der Waals surface area (Å²) in [6, 6.07) is 29.1. The third kappa shape index (κ3) is 2.31. The maximum atomic E-state index is 6.33. The van der Waals surface area contributed by atoms with E-state index in [0.717, 1.165) is 38.4 Å². The predicted octanol–water partition coefficient (Wildman–Crippen LogP) is 7.18. The molecule has 0 saturated carbocycles. The number of anilines is 3. The Morgan fingerprint density at radius 2 is 1.52 bits per heavy atom. The van der Waals surface area contributed by atoms with Crippen LogP contribution in [0, 0.1) is 0 Å². The number of ether oxygens (including phenoxy) is 1. The molecule has 1 heterocycles. The molecule has 1 aliphatic heterocycles. The molecule has 3 heteroatoms. The van der Waals surface area contributed by atoms with Gasteiger partial charge in [0.2, 0.25) is 0 Å². The first-order chi connectivity index (χ1) is 12.3. The zero-order valence-electron chi connectivity index (χ0n) is 13.3. The van der Waals surface area contributed by atoms with Gasteiger partial charge in [-0.15, -0.1) is 0 Å². The summed E-state index contributed by atoms with van der Waals surface area (Å²) in [4.78, 5) is 2.26. The van der Waals surface area contributed by atoms with E-state index in [1.165, 1.54) is 5.39 Å². The first-order valence-electron chi connectivity index (χ1n) is 8.15. The third-order valence-electron chi connectivity index (χ3n) is 4.49. The highest BCUT2D eigenvalue weighted by Gasteiger charge is 2.27. The van der Waals surface area contributed by atoms with E-state index in [-0.39, 0.29) is 0 Å². The van der Waals surface area contributed by atoms with E-state index in [2.05, 4.69) is 87.6 Å². The number of nitrogens with zero attached hydrogens (tertiary/aromatic N) is 1. The average molecular weight is 388 g/mol. The van der Waals surface area contributed by atoms with E-state index in [9.17, 15) is 0 Å². The van der Waals surface area contributed by atoms with Crippen LogP contribution in [-0.2, 0) is 0 Å². The van der Waals surface area contributed by atoms with Crippen molar-refractivity contribution in [2.75, 3.05) is 4.90 Å². The summed E-state index contributed by atoms with van der Waals surface area (Å²) in [6.45, 7) is 0. The minimum atomic E-state index is 0.857. The maximum Gasteiger partial charge on any atom is 0.159 e. The Hall–Kier alpha value is -2.78. The van der Waals surface area contributed by atoms with Crippen molar-refractivity contribution in [3.63, 3.8) is 0 Å². The summed E-state index contributed by atoms with van der Waals surface area (Å²) in [5, 5.41) is 2.30. The van der Waals surface area contributed by atoms with Crippen LogP contribution < -0.4 is 9.64 Å². The molecule has 0 fully saturated rings. The summed E-state index contributed by atoms with van der Waals surface area (Å²) in [6.07, 6.45) is 0. The van der Waals surface area contributed by atoms with Crippen LogP contribution in [0.25, 0.3) is 10.8 Å². The van der Waals surface area contributed by atoms with Crippen molar-refractivity contribution in [3.05, 3.63) is 89.4 Å². The average Bonchev–Trinajstić information content (AvgIpc) is 2.67. The monoisotopic (exact) mass is 387 g/mol. The fourth-order valence-corrected chi connectivity index (χ4v) is 3.71. The molecule has 0 spiro atoms. The van der Waals surface area contributed by atoms with Crippen molar-refractivity contribution < 1.29 is 4.74 Å². The van der Waals surface area contributed by atoms with Crippen LogP contribution in [-0.4, -0.2) is 0 Å². The molecule has 0 aliphatic carbocycles. The van der Waals surface area contributed by atoms with Gasteiger partial charge in [0.1, 0.15) is 0 Å². The molecule has 5 rings (SSSR count). The van der Waals surface area contributed by atoms with Crippen LogP contribution in [0.1, 0.15) is 0 Å². The number of hydrogen-bond donors (Lipinski definition) is 0. The van der Waals surface area contributed by atoms with Gasteiger partial charge < -0.3 is 9.64 Å². The highest BCUT2D eigenvalue weighted by molar-refractivity contribution is 9.10. The minimum absolute atomic E-state index is 0.857. The molecule has 0 radical (unpaired) electrons. The van der Waals surface area contributed by atoms with Crippen LogP contribution in [0.15, 0.2) is 89.4 Å². The Labute approximate surface area is 154 Å². The number of hydrogen-bond acceptors (Lipinski definition) is 2. The molecule has 0 atom stereocenters. The van der Waals surface area contributed by atoms with E-state index in [0.29, 0.717) is 0 Å². The largest absolute Gasteiger partial charge is 0.452 e. The Kier molecular flexibility index (Phi) is 3.28. The predicted molar refractivity (Wildman–Crippen MR) is 106 cm³/mol. The lowest BCUT2D eigenvalue weighted by atomic mass is 10.0. The van der Waals surface area contributed by atoms with Crippen LogP contribution in [0.2, 0.25) is 0 Å². The van der Waals surface area contributed by atoms with Crippen LogP contribution in [0.4, 0.5) is 17.1 Å². The van der Waals surface area contributed by atoms with Gasteiger partial charge in [0.25, 0.3) is 0 Å². The zero-order valence-corrected chi connectivity index (χ0v) is 14.9. The van der Waals surface area contributed by atoms with Crippen LogP contribution >= 0.6 is 15.9 Å². The molecule has 0 unspecified atom stereocenters. The SMILES string of the molecule is Brc1ccc2c(c1)N(c1ccccc1)c1ccc3ccccc3c1O2. The molecular weight excluding hydrogens is 374 g/mol. The molecule has 120 valence electrons. The van der Waals surface area contributed by atoms with Gasteiger partial charge in [-0.1, -0.05) is 64.5 Å². The normalized spacial score (nSPS) is 12.4. The minimum Gasteiger partial charge on any atom is -0.452 e. The molecule has 0 N–H and O–H groups in total.